The minimum absolute atomic E-state index is 0.0419. The molecule has 1 heterocycles. The Morgan fingerprint density at radius 2 is 1.65 bits per heavy atom. The fourth-order valence-electron chi connectivity index (χ4n) is 4.54. The number of nitro groups is 1. The molecule has 1 unspecified atom stereocenters. The number of ether oxygens (including phenoxy) is 1. The zero-order valence-corrected chi connectivity index (χ0v) is 20.0. The maximum Gasteiger partial charge on any atom is 0.269 e. The van der Waals surface area contributed by atoms with Gasteiger partial charge in [0, 0.05) is 44.9 Å². The van der Waals surface area contributed by atoms with Crippen LogP contribution in [0.2, 0.25) is 0 Å². The normalized spacial score (nSPS) is 16.7. The molecule has 0 bridgehead atoms. The van der Waals surface area contributed by atoms with Crippen molar-refractivity contribution in [2.24, 2.45) is 5.92 Å². The van der Waals surface area contributed by atoms with E-state index in [2.05, 4.69) is 15.9 Å². The molecule has 0 N–H and O–H groups in total. The number of nitro benzene ring substituents is 1. The molecule has 0 radical (unpaired) electrons. The van der Waals surface area contributed by atoms with E-state index in [1.54, 1.807) is 24.3 Å². The molecule has 1 saturated heterocycles. The molecule has 182 valence electrons. The minimum atomic E-state index is -0.658. The van der Waals surface area contributed by atoms with Crippen LogP contribution in [0.25, 0.3) is 0 Å². The summed E-state index contributed by atoms with van der Waals surface area (Å²) in [5.74, 6) is 0.507. The Hall–Kier alpha value is -3.02. The molecule has 0 aromatic heterocycles. The van der Waals surface area contributed by atoms with Gasteiger partial charge in [0.2, 0.25) is 0 Å². The van der Waals surface area contributed by atoms with Crippen molar-refractivity contribution in [2.75, 3.05) is 45.9 Å². The largest absolute Gasteiger partial charge is 0.492 e. The van der Waals surface area contributed by atoms with E-state index >= 15 is 0 Å². The molecule has 8 heteroatoms. The van der Waals surface area contributed by atoms with Crippen molar-refractivity contribution in [3.05, 3.63) is 70.0 Å². The molecule has 1 aliphatic rings. The van der Waals surface area contributed by atoms with Crippen molar-refractivity contribution in [1.29, 1.82) is 5.26 Å². The third kappa shape index (κ3) is 6.52. The van der Waals surface area contributed by atoms with E-state index in [0.29, 0.717) is 18.8 Å². The summed E-state index contributed by atoms with van der Waals surface area (Å²) in [5.41, 5.74) is 0.233. The summed E-state index contributed by atoms with van der Waals surface area (Å²) in [6.07, 6.45) is 1.60. The summed E-state index contributed by atoms with van der Waals surface area (Å²) in [6.45, 7) is 10.3. The molecule has 0 spiro atoms. The lowest BCUT2D eigenvalue weighted by atomic mass is 9.70. The number of benzene rings is 2. The van der Waals surface area contributed by atoms with Gasteiger partial charge < -0.3 is 9.64 Å². The molecule has 2 aromatic rings. The minimum Gasteiger partial charge on any atom is -0.492 e. The first-order chi connectivity index (χ1) is 16.3. The smallest absolute Gasteiger partial charge is 0.269 e. The molecule has 3 rings (SSSR count). The van der Waals surface area contributed by atoms with Gasteiger partial charge in [-0.1, -0.05) is 26.0 Å². The standard InChI is InChI=1S/C26H33FN4O3/c1-21(2)26(20-28,22-4-8-24(9-5-22)31(32)33)12-3-13-29-14-16-30(17-15-29)18-19-34-25-10-6-23(27)7-11-25/h4-11,21H,3,12-19H2,1-2H3. The number of hydrogen-bond acceptors (Lipinski definition) is 6. The molecular weight excluding hydrogens is 435 g/mol. The lowest BCUT2D eigenvalue weighted by Crippen LogP contribution is -2.47. The Labute approximate surface area is 200 Å². The van der Waals surface area contributed by atoms with Crippen molar-refractivity contribution in [3.8, 4) is 11.8 Å². The van der Waals surface area contributed by atoms with Gasteiger partial charge in [-0.25, -0.2) is 4.39 Å². The van der Waals surface area contributed by atoms with Crippen molar-refractivity contribution in [1.82, 2.24) is 9.80 Å². The third-order valence-corrected chi connectivity index (χ3v) is 6.78. The summed E-state index contributed by atoms with van der Waals surface area (Å²) >= 11 is 0. The maximum atomic E-state index is 13.0. The highest BCUT2D eigenvalue weighted by Gasteiger charge is 2.36. The number of rotatable bonds is 11. The van der Waals surface area contributed by atoms with Gasteiger partial charge in [0.05, 0.1) is 16.4 Å². The van der Waals surface area contributed by atoms with Crippen LogP contribution >= 0.6 is 0 Å². The second kappa shape index (κ2) is 11.9. The SMILES string of the molecule is CC(C)C(C#N)(CCCN1CCN(CCOc2ccc(F)cc2)CC1)c1ccc([N+](=O)[O-])cc1. The molecular formula is C26H33FN4O3. The highest BCUT2D eigenvalue weighted by atomic mass is 19.1. The van der Waals surface area contributed by atoms with Gasteiger partial charge in [0.15, 0.2) is 0 Å². The molecule has 34 heavy (non-hydrogen) atoms. The summed E-state index contributed by atoms with van der Waals surface area (Å²) in [7, 11) is 0. The summed E-state index contributed by atoms with van der Waals surface area (Å²) in [5, 5.41) is 21.1. The molecule has 0 saturated carbocycles. The first-order valence-electron chi connectivity index (χ1n) is 11.8. The highest BCUT2D eigenvalue weighted by molar-refractivity contribution is 5.40. The molecule has 7 nitrogen and oxygen atoms in total. The van der Waals surface area contributed by atoms with Crippen LogP contribution in [0, 0.1) is 33.2 Å². The topological polar surface area (TPSA) is 82.6 Å². The first kappa shape index (κ1) is 25.6. The zero-order chi connectivity index (χ0) is 24.6. The predicted octanol–water partition coefficient (Wildman–Crippen LogP) is 4.63. The Balaban J connectivity index is 1.44. The van der Waals surface area contributed by atoms with Crippen LogP contribution in [-0.2, 0) is 5.41 Å². The van der Waals surface area contributed by atoms with Crippen LogP contribution in [0.5, 0.6) is 5.75 Å². The number of halogens is 1. The average Bonchev–Trinajstić information content (AvgIpc) is 2.84. The van der Waals surface area contributed by atoms with Crippen LogP contribution in [-0.4, -0.2) is 60.6 Å². The fourth-order valence-corrected chi connectivity index (χ4v) is 4.54. The Morgan fingerprint density at radius 3 is 2.18 bits per heavy atom. The summed E-state index contributed by atoms with van der Waals surface area (Å²) < 4.78 is 18.7. The quantitative estimate of drug-likeness (QED) is 0.353. The van der Waals surface area contributed by atoms with Crippen LogP contribution in [0.4, 0.5) is 10.1 Å². The number of nitrogens with zero attached hydrogens (tertiary/aromatic N) is 4. The van der Waals surface area contributed by atoms with E-state index in [9.17, 15) is 19.8 Å². The lowest BCUT2D eigenvalue weighted by molar-refractivity contribution is -0.384. The van der Waals surface area contributed by atoms with Crippen LogP contribution in [0.15, 0.2) is 48.5 Å². The fraction of sp³-hybridized carbons (Fsp3) is 0.500. The summed E-state index contributed by atoms with van der Waals surface area (Å²) in [6, 6.07) is 15.1. The van der Waals surface area contributed by atoms with E-state index in [0.717, 1.165) is 51.3 Å². The van der Waals surface area contributed by atoms with Gasteiger partial charge in [0.1, 0.15) is 18.2 Å². The van der Waals surface area contributed by atoms with Crippen LogP contribution in [0.3, 0.4) is 0 Å². The number of hydrogen-bond donors (Lipinski definition) is 0. The maximum absolute atomic E-state index is 13.0. The van der Waals surface area contributed by atoms with E-state index in [1.807, 2.05) is 13.8 Å². The van der Waals surface area contributed by atoms with Crippen molar-refractivity contribution >= 4 is 5.69 Å². The van der Waals surface area contributed by atoms with E-state index in [1.165, 1.54) is 24.3 Å². The molecule has 1 fully saturated rings. The van der Waals surface area contributed by atoms with Gasteiger partial charge in [-0.3, -0.25) is 15.0 Å². The second-order valence-electron chi connectivity index (χ2n) is 9.13. The van der Waals surface area contributed by atoms with Crippen molar-refractivity contribution < 1.29 is 14.1 Å². The van der Waals surface area contributed by atoms with Gasteiger partial charge >= 0.3 is 0 Å². The van der Waals surface area contributed by atoms with Crippen LogP contribution < -0.4 is 4.74 Å². The molecule has 0 aliphatic carbocycles. The molecule has 2 aromatic carbocycles. The zero-order valence-electron chi connectivity index (χ0n) is 20.0. The number of piperazine rings is 1. The Kier molecular flexibility index (Phi) is 8.97. The number of non-ortho nitro benzene ring substituents is 1. The summed E-state index contributed by atoms with van der Waals surface area (Å²) in [4.78, 5) is 15.4. The molecule has 0 amide bonds. The monoisotopic (exact) mass is 468 g/mol. The lowest BCUT2D eigenvalue weighted by Gasteiger charge is -2.36. The average molecular weight is 469 g/mol. The second-order valence-corrected chi connectivity index (χ2v) is 9.13. The van der Waals surface area contributed by atoms with E-state index < -0.39 is 10.3 Å². The first-order valence-corrected chi connectivity index (χ1v) is 11.8. The van der Waals surface area contributed by atoms with Crippen molar-refractivity contribution in [2.45, 2.75) is 32.1 Å². The van der Waals surface area contributed by atoms with Crippen molar-refractivity contribution in [3.63, 3.8) is 0 Å². The molecule has 1 aliphatic heterocycles. The van der Waals surface area contributed by atoms with Gasteiger partial charge in [0.25, 0.3) is 5.69 Å². The number of nitriles is 1. The van der Waals surface area contributed by atoms with Gasteiger partial charge in [-0.05, 0) is 55.1 Å². The molecule has 1 atom stereocenters. The van der Waals surface area contributed by atoms with Gasteiger partial charge in [-0.15, -0.1) is 0 Å². The van der Waals surface area contributed by atoms with E-state index in [4.69, 9.17) is 4.74 Å². The van der Waals surface area contributed by atoms with E-state index in [-0.39, 0.29) is 17.4 Å². The predicted molar refractivity (Wildman–Crippen MR) is 129 cm³/mol. The third-order valence-electron chi connectivity index (χ3n) is 6.78. The Bertz CT molecular complexity index is 967. The Morgan fingerprint density at radius 1 is 1.06 bits per heavy atom. The van der Waals surface area contributed by atoms with Gasteiger partial charge in [-0.2, -0.15) is 5.26 Å². The van der Waals surface area contributed by atoms with Crippen LogP contribution in [0.1, 0.15) is 32.3 Å². The highest BCUT2D eigenvalue weighted by Crippen LogP contribution is 2.37.